The predicted molar refractivity (Wildman–Crippen MR) is 103 cm³/mol. The van der Waals surface area contributed by atoms with Crippen molar-refractivity contribution in [1.82, 2.24) is 5.32 Å². The summed E-state index contributed by atoms with van der Waals surface area (Å²) in [5.41, 5.74) is 5.10. The van der Waals surface area contributed by atoms with Gasteiger partial charge in [-0.2, -0.15) is 0 Å². The molecule has 0 spiro atoms. The number of benzene rings is 3. The van der Waals surface area contributed by atoms with E-state index in [1.165, 1.54) is 22.3 Å². The van der Waals surface area contributed by atoms with Crippen molar-refractivity contribution >= 4 is 0 Å². The van der Waals surface area contributed by atoms with Gasteiger partial charge in [0.2, 0.25) is 0 Å². The molecule has 1 atom stereocenters. The normalized spacial score (nSPS) is 11.8. The fraction of sp³-hybridized carbons (Fsp3) is 0.130. The average Bonchev–Trinajstić information content (AvgIpc) is 2.67. The van der Waals surface area contributed by atoms with Gasteiger partial charge in [-0.3, -0.25) is 0 Å². The minimum Gasteiger partial charge on any atom is -0.306 e. The maximum atomic E-state index is 3.91. The van der Waals surface area contributed by atoms with Gasteiger partial charge < -0.3 is 5.32 Å². The SMILES string of the molecule is C=CCC(NCc1ccccc1)c1ccc(-c2ccccc2)cc1. The van der Waals surface area contributed by atoms with Crippen LogP contribution >= 0.6 is 0 Å². The lowest BCUT2D eigenvalue weighted by molar-refractivity contribution is 0.539. The first kappa shape index (κ1) is 16.2. The highest BCUT2D eigenvalue weighted by Gasteiger charge is 2.09. The Hall–Kier alpha value is -2.64. The molecule has 0 saturated carbocycles. The monoisotopic (exact) mass is 313 g/mol. The van der Waals surface area contributed by atoms with E-state index in [1.54, 1.807) is 0 Å². The summed E-state index contributed by atoms with van der Waals surface area (Å²) in [5.74, 6) is 0. The molecule has 0 aliphatic heterocycles. The lowest BCUT2D eigenvalue weighted by Gasteiger charge is -2.18. The molecule has 0 amide bonds. The van der Waals surface area contributed by atoms with Crippen molar-refractivity contribution in [3.63, 3.8) is 0 Å². The molecule has 0 aromatic heterocycles. The van der Waals surface area contributed by atoms with Gasteiger partial charge in [0.1, 0.15) is 0 Å². The third kappa shape index (κ3) is 4.21. The molecule has 1 heteroatoms. The van der Waals surface area contributed by atoms with Crippen molar-refractivity contribution in [2.24, 2.45) is 0 Å². The maximum Gasteiger partial charge on any atom is 0.0357 e. The zero-order chi connectivity index (χ0) is 16.6. The van der Waals surface area contributed by atoms with E-state index in [9.17, 15) is 0 Å². The molecule has 0 aliphatic rings. The zero-order valence-electron chi connectivity index (χ0n) is 13.9. The van der Waals surface area contributed by atoms with Gasteiger partial charge in [-0.15, -0.1) is 6.58 Å². The Balaban J connectivity index is 1.72. The number of rotatable bonds is 7. The van der Waals surface area contributed by atoms with Crippen LogP contribution < -0.4 is 5.32 Å². The Labute approximate surface area is 144 Å². The highest BCUT2D eigenvalue weighted by Crippen LogP contribution is 2.23. The summed E-state index contributed by atoms with van der Waals surface area (Å²) >= 11 is 0. The maximum absolute atomic E-state index is 3.91. The largest absolute Gasteiger partial charge is 0.306 e. The predicted octanol–water partition coefficient (Wildman–Crippen LogP) is 5.76. The van der Waals surface area contributed by atoms with Gasteiger partial charge in [0, 0.05) is 12.6 Å². The molecule has 1 nitrogen and oxygen atoms in total. The van der Waals surface area contributed by atoms with Crippen LogP contribution in [0.25, 0.3) is 11.1 Å². The molecule has 0 saturated heterocycles. The van der Waals surface area contributed by atoms with Crippen LogP contribution in [0, 0.1) is 0 Å². The number of hydrogen-bond donors (Lipinski definition) is 1. The van der Waals surface area contributed by atoms with Gasteiger partial charge in [-0.25, -0.2) is 0 Å². The van der Waals surface area contributed by atoms with Crippen LogP contribution in [-0.2, 0) is 6.54 Å². The molecular weight excluding hydrogens is 290 g/mol. The molecule has 0 radical (unpaired) electrons. The van der Waals surface area contributed by atoms with E-state index in [0.29, 0.717) is 0 Å². The van der Waals surface area contributed by atoms with Crippen molar-refractivity contribution in [3.8, 4) is 11.1 Å². The Morgan fingerprint density at radius 1 is 0.750 bits per heavy atom. The Morgan fingerprint density at radius 2 is 1.33 bits per heavy atom. The van der Waals surface area contributed by atoms with E-state index in [4.69, 9.17) is 0 Å². The van der Waals surface area contributed by atoms with E-state index in [0.717, 1.165) is 13.0 Å². The van der Waals surface area contributed by atoms with Crippen LogP contribution in [0.2, 0.25) is 0 Å². The molecule has 120 valence electrons. The van der Waals surface area contributed by atoms with Crippen LogP contribution in [0.1, 0.15) is 23.6 Å². The van der Waals surface area contributed by atoms with Gasteiger partial charge in [0.05, 0.1) is 0 Å². The Morgan fingerprint density at radius 3 is 1.96 bits per heavy atom. The molecule has 24 heavy (non-hydrogen) atoms. The summed E-state index contributed by atoms with van der Waals surface area (Å²) in [6, 6.07) is 30.1. The molecule has 0 fully saturated rings. The molecule has 3 rings (SSSR count). The summed E-state index contributed by atoms with van der Waals surface area (Å²) in [6.07, 6.45) is 2.89. The lowest BCUT2D eigenvalue weighted by Crippen LogP contribution is -2.20. The average molecular weight is 313 g/mol. The minimum atomic E-state index is 0.285. The molecule has 0 heterocycles. The van der Waals surface area contributed by atoms with Crippen LogP contribution in [0.3, 0.4) is 0 Å². The first-order chi connectivity index (χ1) is 11.9. The van der Waals surface area contributed by atoms with E-state index < -0.39 is 0 Å². The molecular formula is C23H23N. The molecule has 0 aliphatic carbocycles. The molecule has 1 N–H and O–H groups in total. The third-order valence-electron chi connectivity index (χ3n) is 4.22. The second-order valence-electron chi connectivity index (χ2n) is 5.93. The molecule has 0 bridgehead atoms. The summed E-state index contributed by atoms with van der Waals surface area (Å²) in [4.78, 5) is 0. The van der Waals surface area contributed by atoms with E-state index >= 15 is 0 Å². The summed E-state index contributed by atoms with van der Waals surface area (Å²) in [7, 11) is 0. The van der Waals surface area contributed by atoms with Gasteiger partial charge >= 0.3 is 0 Å². The number of nitrogens with one attached hydrogen (secondary N) is 1. The Bertz CT molecular complexity index is 745. The highest BCUT2D eigenvalue weighted by molar-refractivity contribution is 5.63. The topological polar surface area (TPSA) is 12.0 Å². The highest BCUT2D eigenvalue weighted by atomic mass is 14.9. The van der Waals surface area contributed by atoms with E-state index in [2.05, 4.69) is 84.7 Å². The molecule has 3 aromatic carbocycles. The zero-order valence-corrected chi connectivity index (χ0v) is 13.9. The fourth-order valence-corrected chi connectivity index (χ4v) is 2.88. The third-order valence-corrected chi connectivity index (χ3v) is 4.22. The second-order valence-corrected chi connectivity index (χ2v) is 5.93. The van der Waals surface area contributed by atoms with Crippen LogP contribution in [0.4, 0.5) is 0 Å². The number of hydrogen-bond acceptors (Lipinski definition) is 1. The Kier molecular flexibility index (Phi) is 5.60. The summed E-state index contributed by atoms with van der Waals surface area (Å²) in [5, 5.41) is 3.64. The van der Waals surface area contributed by atoms with Crippen molar-refractivity contribution in [2.75, 3.05) is 0 Å². The molecule has 3 aromatic rings. The van der Waals surface area contributed by atoms with E-state index in [-0.39, 0.29) is 6.04 Å². The first-order valence-corrected chi connectivity index (χ1v) is 8.40. The van der Waals surface area contributed by atoms with E-state index in [1.807, 2.05) is 18.2 Å². The first-order valence-electron chi connectivity index (χ1n) is 8.40. The van der Waals surface area contributed by atoms with Gasteiger partial charge in [-0.05, 0) is 28.7 Å². The lowest BCUT2D eigenvalue weighted by atomic mass is 9.99. The van der Waals surface area contributed by atoms with Crippen LogP contribution in [0.15, 0.2) is 97.6 Å². The van der Waals surface area contributed by atoms with Crippen molar-refractivity contribution in [2.45, 2.75) is 19.0 Å². The van der Waals surface area contributed by atoms with Crippen LogP contribution in [-0.4, -0.2) is 0 Å². The molecule has 1 unspecified atom stereocenters. The van der Waals surface area contributed by atoms with Crippen molar-refractivity contribution in [3.05, 3.63) is 109 Å². The smallest absolute Gasteiger partial charge is 0.0357 e. The van der Waals surface area contributed by atoms with Gasteiger partial charge in [0.15, 0.2) is 0 Å². The fourth-order valence-electron chi connectivity index (χ4n) is 2.88. The van der Waals surface area contributed by atoms with Gasteiger partial charge in [0.25, 0.3) is 0 Å². The van der Waals surface area contributed by atoms with Crippen molar-refractivity contribution < 1.29 is 0 Å². The van der Waals surface area contributed by atoms with Crippen molar-refractivity contribution in [1.29, 1.82) is 0 Å². The van der Waals surface area contributed by atoms with Gasteiger partial charge in [-0.1, -0.05) is 91.0 Å². The summed E-state index contributed by atoms with van der Waals surface area (Å²) < 4.78 is 0. The standard InChI is InChI=1S/C23H23N/c1-2-9-23(24-18-19-10-5-3-6-11-19)22-16-14-21(15-17-22)20-12-7-4-8-13-20/h2-8,10-17,23-24H,1,9,18H2. The summed E-state index contributed by atoms with van der Waals surface area (Å²) in [6.45, 7) is 4.77. The minimum absolute atomic E-state index is 0.285. The second kappa shape index (κ2) is 8.28. The van der Waals surface area contributed by atoms with Crippen LogP contribution in [0.5, 0.6) is 0 Å². The quantitative estimate of drug-likeness (QED) is 0.547.